The van der Waals surface area contributed by atoms with Gasteiger partial charge in [0.05, 0.1) is 5.69 Å². The smallest absolute Gasteiger partial charge is 0.109 e. The summed E-state index contributed by atoms with van der Waals surface area (Å²) >= 11 is 0. The molecule has 82 valence electrons. The topological polar surface area (TPSA) is 17.8 Å². The van der Waals surface area contributed by atoms with Crippen molar-refractivity contribution in [3.63, 3.8) is 0 Å². The van der Waals surface area contributed by atoms with Crippen molar-refractivity contribution in [2.24, 2.45) is 5.92 Å². The van der Waals surface area contributed by atoms with E-state index in [-0.39, 0.29) is 0 Å². The van der Waals surface area contributed by atoms with Gasteiger partial charge in [0, 0.05) is 18.7 Å². The molecule has 1 aromatic rings. The predicted octanol–water partition coefficient (Wildman–Crippen LogP) is 2.73. The van der Waals surface area contributed by atoms with Crippen molar-refractivity contribution in [1.29, 1.82) is 0 Å². The number of rotatable bonds is 1. The quantitative estimate of drug-likeness (QED) is 0.687. The molecule has 0 bridgehead atoms. The molecule has 1 aliphatic carbocycles. The third-order valence-corrected chi connectivity index (χ3v) is 4.12. The van der Waals surface area contributed by atoms with Gasteiger partial charge in [0.2, 0.25) is 0 Å². The maximum absolute atomic E-state index is 4.82. The van der Waals surface area contributed by atoms with Crippen LogP contribution in [0.3, 0.4) is 0 Å². The fourth-order valence-electron chi connectivity index (χ4n) is 3.09. The molecule has 0 saturated carbocycles. The molecule has 0 saturated heterocycles. The minimum absolute atomic E-state index is 0.917. The van der Waals surface area contributed by atoms with Crippen LogP contribution < -0.4 is 0 Å². The van der Waals surface area contributed by atoms with Crippen LogP contribution >= 0.6 is 0 Å². The van der Waals surface area contributed by atoms with Crippen LogP contribution in [0.2, 0.25) is 0 Å². The van der Waals surface area contributed by atoms with Gasteiger partial charge in [-0.2, -0.15) is 0 Å². The largest absolute Gasteiger partial charge is 0.332 e. The SMILES string of the molecule is CCC1CCc2nc3n(c2C1)CCCC3. The summed E-state index contributed by atoms with van der Waals surface area (Å²) in [6.45, 7) is 3.55. The molecule has 1 unspecified atom stereocenters. The normalized spacial score (nSPS) is 24.7. The Labute approximate surface area is 91.7 Å². The Morgan fingerprint density at radius 3 is 3.13 bits per heavy atom. The highest BCUT2D eigenvalue weighted by Crippen LogP contribution is 2.30. The number of aryl methyl sites for hydroxylation is 2. The van der Waals surface area contributed by atoms with E-state index in [1.807, 2.05) is 0 Å². The van der Waals surface area contributed by atoms with Crippen LogP contribution in [0, 0.1) is 5.92 Å². The monoisotopic (exact) mass is 204 g/mol. The van der Waals surface area contributed by atoms with Gasteiger partial charge in [0.15, 0.2) is 0 Å². The molecule has 2 heterocycles. The third kappa shape index (κ3) is 1.51. The van der Waals surface area contributed by atoms with E-state index in [4.69, 9.17) is 4.98 Å². The van der Waals surface area contributed by atoms with Crippen LogP contribution in [0.5, 0.6) is 0 Å². The number of aromatic nitrogens is 2. The van der Waals surface area contributed by atoms with Crippen LogP contribution in [-0.2, 0) is 25.8 Å². The highest BCUT2D eigenvalue weighted by Gasteiger charge is 2.25. The van der Waals surface area contributed by atoms with E-state index < -0.39 is 0 Å². The molecule has 0 N–H and O–H groups in total. The van der Waals surface area contributed by atoms with Crippen molar-refractivity contribution in [3.8, 4) is 0 Å². The van der Waals surface area contributed by atoms with E-state index in [0.717, 1.165) is 5.92 Å². The summed E-state index contributed by atoms with van der Waals surface area (Å²) in [7, 11) is 0. The molecule has 0 aromatic carbocycles. The average molecular weight is 204 g/mol. The van der Waals surface area contributed by atoms with E-state index >= 15 is 0 Å². The van der Waals surface area contributed by atoms with Crippen molar-refractivity contribution in [2.45, 2.75) is 58.4 Å². The van der Waals surface area contributed by atoms with Crippen molar-refractivity contribution in [1.82, 2.24) is 9.55 Å². The molecule has 2 heteroatoms. The Hall–Kier alpha value is -0.790. The van der Waals surface area contributed by atoms with Gasteiger partial charge in [-0.05, 0) is 38.0 Å². The molecule has 1 atom stereocenters. The zero-order valence-electron chi connectivity index (χ0n) is 9.63. The molecule has 2 nitrogen and oxygen atoms in total. The molecule has 0 fully saturated rings. The van der Waals surface area contributed by atoms with Crippen molar-refractivity contribution < 1.29 is 0 Å². The summed E-state index contributed by atoms with van der Waals surface area (Å²) in [5.41, 5.74) is 3.01. The maximum atomic E-state index is 4.82. The molecule has 15 heavy (non-hydrogen) atoms. The van der Waals surface area contributed by atoms with Gasteiger partial charge in [-0.1, -0.05) is 13.3 Å². The minimum Gasteiger partial charge on any atom is -0.332 e. The lowest BCUT2D eigenvalue weighted by Crippen LogP contribution is -2.18. The zero-order valence-corrected chi connectivity index (χ0v) is 9.63. The summed E-state index contributed by atoms with van der Waals surface area (Å²) in [4.78, 5) is 4.82. The van der Waals surface area contributed by atoms with Crippen LogP contribution in [-0.4, -0.2) is 9.55 Å². The number of nitrogens with zero attached hydrogens (tertiary/aromatic N) is 2. The van der Waals surface area contributed by atoms with Crippen LogP contribution in [0.25, 0.3) is 0 Å². The van der Waals surface area contributed by atoms with E-state index in [0.29, 0.717) is 0 Å². The van der Waals surface area contributed by atoms with Crippen molar-refractivity contribution >= 4 is 0 Å². The summed E-state index contributed by atoms with van der Waals surface area (Å²) in [6.07, 6.45) is 9.12. The lowest BCUT2D eigenvalue weighted by atomic mass is 9.88. The van der Waals surface area contributed by atoms with Gasteiger partial charge in [-0.25, -0.2) is 4.98 Å². The summed E-state index contributed by atoms with van der Waals surface area (Å²) in [6, 6.07) is 0. The maximum Gasteiger partial charge on any atom is 0.109 e. The molecule has 2 aliphatic rings. The first-order valence-corrected chi connectivity index (χ1v) is 6.45. The van der Waals surface area contributed by atoms with Crippen LogP contribution in [0.1, 0.15) is 49.8 Å². The molecule has 0 amide bonds. The Bertz CT molecular complexity index is 365. The van der Waals surface area contributed by atoms with Crippen molar-refractivity contribution in [3.05, 3.63) is 17.2 Å². The first-order valence-electron chi connectivity index (χ1n) is 6.45. The molecule has 0 spiro atoms. The van der Waals surface area contributed by atoms with Gasteiger partial charge in [-0.15, -0.1) is 0 Å². The molecule has 0 radical (unpaired) electrons. The molecule has 3 rings (SSSR count). The first kappa shape index (κ1) is 9.44. The Balaban J connectivity index is 1.97. The molecular formula is C13H20N2. The zero-order chi connectivity index (χ0) is 10.3. The second-order valence-corrected chi connectivity index (χ2v) is 5.05. The highest BCUT2D eigenvalue weighted by atomic mass is 15.1. The van der Waals surface area contributed by atoms with Gasteiger partial charge in [-0.3, -0.25) is 0 Å². The molecular weight excluding hydrogens is 184 g/mol. The fraction of sp³-hybridized carbons (Fsp3) is 0.769. The van der Waals surface area contributed by atoms with Crippen LogP contribution in [0.4, 0.5) is 0 Å². The summed E-state index contributed by atoms with van der Waals surface area (Å²) in [5.74, 6) is 2.29. The predicted molar refractivity (Wildman–Crippen MR) is 61.0 cm³/mol. The Morgan fingerprint density at radius 1 is 1.33 bits per heavy atom. The third-order valence-electron chi connectivity index (χ3n) is 4.12. The Kier molecular flexibility index (Phi) is 2.30. The number of hydrogen-bond donors (Lipinski definition) is 0. The van der Waals surface area contributed by atoms with Gasteiger partial charge in [0.1, 0.15) is 5.82 Å². The second kappa shape index (κ2) is 3.66. The minimum atomic E-state index is 0.917. The van der Waals surface area contributed by atoms with Gasteiger partial charge < -0.3 is 4.57 Å². The van der Waals surface area contributed by atoms with E-state index in [1.165, 1.54) is 63.0 Å². The van der Waals surface area contributed by atoms with Gasteiger partial charge >= 0.3 is 0 Å². The van der Waals surface area contributed by atoms with Crippen LogP contribution in [0.15, 0.2) is 0 Å². The number of imidazole rings is 1. The lowest BCUT2D eigenvalue weighted by Gasteiger charge is -2.23. The second-order valence-electron chi connectivity index (χ2n) is 5.05. The average Bonchev–Trinajstić information content (AvgIpc) is 2.66. The first-order chi connectivity index (χ1) is 7.38. The van der Waals surface area contributed by atoms with E-state index in [9.17, 15) is 0 Å². The summed E-state index contributed by atoms with van der Waals surface area (Å²) in [5, 5.41) is 0. The summed E-state index contributed by atoms with van der Waals surface area (Å²) < 4.78 is 2.53. The number of hydrogen-bond acceptors (Lipinski definition) is 1. The standard InChI is InChI=1S/C13H20N2/c1-2-10-6-7-11-12(9-10)15-8-4-3-5-13(15)14-11/h10H,2-9H2,1H3. The molecule has 1 aromatic heterocycles. The lowest BCUT2D eigenvalue weighted by molar-refractivity contribution is 0.417. The highest BCUT2D eigenvalue weighted by molar-refractivity contribution is 5.22. The van der Waals surface area contributed by atoms with Crippen molar-refractivity contribution in [2.75, 3.05) is 0 Å². The Morgan fingerprint density at radius 2 is 2.27 bits per heavy atom. The number of fused-ring (bicyclic) bond motifs is 3. The fourth-order valence-corrected chi connectivity index (χ4v) is 3.09. The molecule has 1 aliphatic heterocycles. The van der Waals surface area contributed by atoms with Gasteiger partial charge in [0.25, 0.3) is 0 Å². The van der Waals surface area contributed by atoms with E-state index in [1.54, 1.807) is 5.69 Å². The van der Waals surface area contributed by atoms with E-state index in [2.05, 4.69) is 11.5 Å².